The van der Waals surface area contributed by atoms with Gasteiger partial charge in [0.2, 0.25) is 0 Å². The molecule has 0 saturated heterocycles. The summed E-state index contributed by atoms with van der Waals surface area (Å²) >= 11 is 36.6. The Morgan fingerprint density at radius 1 is 0.575 bits per heavy atom. The van der Waals surface area contributed by atoms with E-state index in [0.29, 0.717) is 0 Å². The maximum atomic E-state index is 4.83. The van der Waals surface area contributed by atoms with Crippen molar-refractivity contribution in [2.24, 2.45) is 4.30 Å². The van der Waals surface area contributed by atoms with Crippen molar-refractivity contribution in [3.05, 3.63) is 114 Å². The molecule has 0 N–H and O–H groups in total. The molecule has 0 amide bonds. The SMILES string of the molecule is Brc1ccc2c(c1)CCc1cc(Br)ccc1-2.Brc1ccc2c(ccc3cc(Br)ccc32)c1.ClC(Cl)(Cl)Cl.[B]=NS. The first-order chi connectivity index (χ1) is 18.9. The molecule has 1 aliphatic rings. The first-order valence-electron chi connectivity index (χ1n) is 11.5. The van der Waals surface area contributed by atoms with E-state index in [1.165, 1.54) is 52.7 Å². The van der Waals surface area contributed by atoms with Crippen molar-refractivity contribution in [1.82, 2.24) is 0 Å². The fourth-order valence-corrected chi connectivity index (χ4v) is 5.92. The van der Waals surface area contributed by atoms with E-state index < -0.39 is 3.25 Å². The Balaban J connectivity index is 0.000000175. The number of benzene rings is 5. The van der Waals surface area contributed by atoms with Crippen molar-refractivity contribution >= 4 is 152 Å². The van der Waals surface area contributed by atoms with E-state index in [1.54, 1.807) is 0 Å². The molecule has 1 radical (unpaired) electrons. The molecular weight excluding hydrogens is 867 g/mol. The molecule has 0 saturated carbocycles. The van der Waals surface area contributed by atoms with Crippen molar-refractivity contribution in [1.29, 1.82) is 0 Å². The van der Waals surface area contributed by atoms with Crippen LogP contribution in [0.3, 0.4) is 0 Å². The van der Waals surface area contributed by atoms with Crippen LogP contribution in [0.25, 0.3) is 32.7 Å². The molecule has 40 heavy (non-hydrogen) atoms. The number of nitrogens with zero attached hydrogens (tertiary/aromatic N) is 1. The molecule has 205 valence electrons. The summed E-state index contributed by atoms with van der Waals surface area (Å²) in [7, 11) is 4.34. The number of fused-ring (bicyclic) bond motifs is 6. The van der Waals surface area contributed by atoms with Gasteiger partial charge in [-0.2, -0.15) is 0 Å². The molecule has 1 nitrogen and oxygen atoms in total. The van der Waals surface area contributed by atoms with Crippen LogP contribution in [0.5, 0.6) is 0 Å². The Morgan fingerprint density at radius 3 is 1.23 bits per heavy atom. The van der Waals surface area contributed by atoms with Crippen molar-refractivity contribution in [2.75, 3.05) is 0 Å². The summed E-state index contributed by atoms with van der Waals surface area (Å²) in [5.74, 6) is 0. The van der Waals surface area contributed by atoms with E-state index in [1.807, 2.05) is 0 Å². The second-order valence-electron chi connectivity index (χ2n) is 8.44. The van der Waals surface area contributed by atoms with Crippen molar-refractivity contribution in [3.63, 3.8) is 0 Å². The number of rotatable bonds is 0. The Labute approximate surface area is 294 Å². The molecule has 11 heteroatoms. The Bertz CT molecular complexity index is 1530. The van der Waals surface area contributed by atoms with Gasteiger partial charge in [0.15, 0.2) is 0 Å². The van der Waals surface area contributed by atoms with E-state index in [2.05, 4.69) is 173 Å². The van der Waals surface area contributed by atoms with Gasteiger partial charge in [0.1, 0.15) is 0 Å². The third-order valence-corrected chi connectivity index (χ3v) is 7.82. The number of thiol groups is 1. The zero-order valence-electron chi connectivity index (χ0n) is 20.5. The second-order valence-corrected chi connectivity index (χ2v) is 15.8. The van der Waals surface area contributed by atoms with Crippen molar-refractivity contribution < 1.29 is 0 Å². The Kier molecular flexibility index (Phi) is 13.9. The van der Waals surface area contributed by atoms with Crippen LogP contribution in [0.4, 0.5) is 0 Å². The third kappa shape index (κ3) is 10.6. The summed E-state index contributed by atoms with van der Waals surface area (Å²) in [5.41, 5.74) is 5.67. The van der Waals surface area contributed by atoms with Crippen LogP contribution < -0.4 is 0 Å². The summed E-state index contributed by atoms with van der Waals surface area (Å²) in [6.45, 7) is 0. The molecule has 6 rings (SSSR count). The van der Waals surface area contributed by atoms with Crippen LogP contribution in [0.2, 0.25) is 0 Å². The standard InChI is InChI=1S/C14H10Br2.C14H8Br2.CCl4.BHNS/c2*15-11-3-5-13-9(7-11)1-2-10-8-12(16)4-6-14(10)13;2-1(3,4)5;1-2-3/h3-8H,1-2H2;1-8H;;3H. The summed E-state index contributed by atoms with van der Waals surface area (Å²) in [4.78, 5) is 0. The molecule has 0 spiro atoms. The fraction of sp³-hybridized carbons (Fsp3) is 0.103. The average Bonchev–Trinajstić information content (AvgIpc) is 2.88. The molecule has 0 bridgehead atoms. The molecule has 0 aromatic heterocycles. The fourth-order valence-electron chi connectivity index (χ4n) is 4.35. The molecule has 5 aromatic carbocycles. The summed E-state index contributed by atoms with van der Waals surface area (Å²) in [6, 6.07) is 30.3. The van der Waals surface area contributed by atoms with Gasteiger partial charge in [-0.05, 0) is 105 Å². The van der Waals surface area contributed by atoms with E-state index in [-0.39, 0.29) is 0 Å². The predicted octanol–water partition coefficient (Wildman–Crippen LogP) is 13.2. The van der Waals surface area contributed by atoms with Gasteiger partial charge in [0.05, 0.1) is 0 Å². The number of aryl methyl sites for hydroxylation is 2. The number of alkyl halides is 4. The molecule has 1 aliphatic carbocycles. The third-order valence-electron chi connectivity index (χ3n) is 5.85. The first kappa shape index (κ1) is 34.4. The molecular formula is C29H19BBr4Cl4NS. The predicted molar refractivity (Wildman–Crippen MR) is 195 cm³/mol. The summed E-state index contributed by atoms with van der Waals surface area (Å²) in [5, 5.41) is 5.13. The van der Waals surface area contributed by atoms with Crippen LogP contribution in [0.1, 0.15) is 11.1 Å². The number of hydrogen-bond acceptors (Lipinski definition) is 2. The normalized spacial score (nSPS) is 11.5. The summed E-state index contributed by atoms with van der Waals surface area (Å²) in [6.07, 6.45) is 2.27. The molecule has 0 unspecified atom stereocenters. The van der Waals surface area contributed by atoms with Gasteiger partial charge >= 0.3 is 24.8 Å². The quantitative estimate of drug-likeness (QED) is 0.0689. The summed E-state index contributed by atoms with van der Waals surface area (Å²) < 4.78 is 5.67. The van der Waals surface area contributed by atoms with Crippen LogP contribution in [0, 0.1) is 0 Å². The Hall–Kier alpha value is -0.0851. The minimum atomic E-state index is -1.61. The van der Waals surface area contributed by atoms with E-state index in [4.69, 9.17) is 46.4 Å². The molecule has 0 fully saturated rings. The number of hydrogen-bond donors (Lipinski definition) is 1. The molecule has 5 aromatic rings. The minimum absolute atomic E-state index is 1.12. The van der Waals surface area contributed by atoms with Crippen molar-refractivity contribution in [3.8, 4) is 11.1 Å². The van der Waals surface area contributed by atoms with Gasteiger partial charge in [-0.25, -0.2) is 0 Å². The van der Waals surface area contributed by atoms with Gasteiger partial charge < -0.3 is 0 Å². The zero-order chi connectivity index (χ0) is 29.4. The van der Waals surface area contributed by atoms with Crippen LogP contribution in [-0.4, -0.2) is 10.9 Å². The van der Waals surface area contributed by atoms with E-state index in [9.17, 15) is 0 Å². The molecule has 0 atom stereocenters. The topological polar surface area (TPSA) is 12.4 Å². The Morgan fingerprint density at radius 2 is 0.875 bits per heavy atom. The van der Waals surface area contributed by atoms with Gasteiger partial charge in [0, 0.05) is 17.9 Å². The van der Waals surface area contributed by atoms with Crippen LogP contribution >= 0.6 is 123 Å². The van der Waals surface area contributed by atoms with Gasteiger partial charge in [-0.15, -0.1) is 0 Å². The first-order valence-corrected chi connectivity index (χ1v) is 16.6. The van der Waals surface area contributed by atoms with Crippen molar-refractivity contribution in [2.45, 2.75) is 16.1 Å². The van der Waals surface area contributed by atoms with Gasteiger partial charge in [0.25, 0.3) is 3.25 Å². The van der Waals surface area contributed by atoms with Gasteiger partial charge in [-0.3, -0.25) is 0 Å². The number of halogens is 8. The molecule has 0 aliphatic heterocycles. The average molecular weight is 886 g/mol. The van der Waals surface area contributed by atoms with Gasteiger partial charge in [-0.1, -0.05) is 147 Å². The van der Waals surface area contributed by atoms with Crippen LogP contribution in [-0.2, 0) is 12.8 Å². The maximum absolute atomic E-state index is 4.83. The van der Waals surface area contributed by atoms with E-state index in [0.717, 1.165) is 21.8 Å². The monoisotopic (exact) mass is 880 g/mol. The molecule has 0 heterocycles. The van der Waals surface area contributed by atoms with E-state index >= 15 is 0 Å². The van der Waals surface area contributed by atoms with Crippen LogP contribution in [0.15, 0.2) is 107 Å². The zero-order valence-corrected chi connectivity index (χ0v) is 30.8. The second kappa shape index (κ2) is 16.1.